The Balaban J connectivity index is 1.45. The minimum Gasteiger partial charge on any atom is -0.491 e. The van der Waals surface area contributed by atoms with Crippen LogP contribution in [0.2, 0.25) is 0 Å². The summed E-state index contributed by atoms with van der Waals surface area (Å²) in [6.45, 7) is 3.80. The van der Waals surface area contributed by atoms with Crippen LogP contribution in [0.25, 0.3) is 16.5 Å². The highest BCUT2D eigenvalue weighted by Crippen LogP contribution is 2.36. The Labute approximate surface area is 166 Å². The van der Waals surface area contributed by atoms with Gasteiger partial charge in [0.05, 0.1) is 11.7 Å². The highest BCUT2D eigenvalue weighted by atomic mass is 16.5. The summed E-state index contributed by atoms with van der Waals surface area (Å²) in [5.41, 5.74) is 3.96. The summed E-state index contributed by atoms with van der Waals surface area (Å²) >= 11 is 0. The van der Waals surface area contributed by atoms with E-state index in [2.05, 4.69) is 39.3 Å². The van der Waals surface area contributed by atoms with E-state index in [-0.39, 0.29) is 0 Å². The molecule has 2 aromatic rings. The van der Waals surface area contributed by atoms with Crippen molar-refractivity contribution in [2.45, 2.75) is 50.7 Å². The molecule has 5 rings (SSSR count). The minimum absolute atomic E-state index is 0.343. The molecule has 28 heavy (non-hydrogen) atoms. The highest BCUT2D eigenvalue weighted by molar-refractivity contribution is 5.93. The molecule has 0 saturated carbocycles. The summed E-state index contributed by atoms with van der Waals surface area (Å²) in [5.74, 6) is 1.05. The number of piperidine rings is 1. The SMILES string of the molecule is C1=C(OC2CCNCC2)C=C(c2cn(C3CCOCC3)c3cnccc23)CC1. The van der Waals surface area contributed by atoms with Crippen molar-refractivity contribution in [3.05, 3.63) is 48.1 Å². The zero-order valence-electron chi connectivity index (χ0n) is 16.4. The van der Waals surface area contributed by atoms with Crippen molar-refractivity contribution in [1.29, 1.82) is 0 Å². The predicted molar refractivity (Wildman–Crippen MR) is 111 cm³/mol. The Morgan fingerprint density at radius 1 is 1.14 bits per heavy atom. The van der Waals surface area contributed by atoms with Gasteiger partial charge in [-0.15, -0.1) is 0 Å². The molecule has 148 valence electrons. The second-order valence-electron chi connectivity index (χ2n) is 8.07. The third-order valence-electron chi connectivity index (χ3n) is 6.23. The maximum atomic E-state index is 6.33. The van der Waals surface area contributed by atoms with Crippen molar-refractivity contribution in [2.75, 3.05) is 26.3 Å². The molecular weight excluding hydrogens is 350 g/mol. The van der Waals surface area contributed by atoms with E-state index >= 15 is 0 Å². The van der Waals surface area contributed by atoms with Gasteiger partial charge in [0.15, 0.2) is 0 Å². The first kappa shape index (κ1) is 18.0. The van der Waals surface area contributed by atoms with Gasteiger partial charge < -0.3 is 19.4 Å². The zero-order chi connectivity index (χ0) is 18.8. The molecule has 0 atom stereocenters. The standard InChI is InChI=1S/C23H29N3O2/c1-2-17(14-20(3-1)28-19-4-9-24-10-5-19)22-16-26(18-7-12-27-13-8-18)23-15-25-11-6-21(22)23/h3,6,11,14-16,18-19,24H,1-2,4-5,7-10,12-13H2. The Bertz CT molecular complexity index is 886. The van der Waals surface area contributed by atoms with Gasteiger partial charge in [0, 0.05) is 42.6 Å². The number of hydrogen-bond donors (Lipinski definition) is 1. The molecule has 2 aromatic heterocycles. The molecule has 2 saturated heterocycles. The normalized spacial score (nSPS) is 22.1. The van der Waals surface area contributed by atoms with Crippen molar-refractivity contribution < 1.29 is 9.47 Å². The van der Waals surface area contributed by atoms with Gasteiger partial charge in [-0.3, -0.25) is 4.98 Å². The molecule has 0 spiro atoms. The monoisotopic (exact) mass is 379 g/mol. The summed E-state index contributed by atoms with van der Waals surface area (Å²) in [7, 11) is 0. The summed E-state index contributed by atoms with van der Waals surface area (Å²) in [5, 5.41) is 4.71. The molecule has 4 heterocycles. The molecule has 2 aliphatic heterocycles. The predicted octanol–water partition coefficient (Wildman–Crippen LogP) is 4.22. The molecule has 3 aliphatic rings. The van der Waals surface area contributed by atoms with Gasteiger partial charge in [-0.05, 0) is 75.4 Å². The Hall–Kier alpha value is -2.11. The van der Waals surface area contributed by atoms with Crippen LogP contribution >= 0.6 is 0 Å². The van der Waals surface area contributed by atoms with Crippen molar-refractivity contribution in [3.63, 3.8) is 0 Å². The maximum absolute atomic E-state index is 6.33. The fourth-order valence-electron chi connectivity index (χ4n) is 4.69. The Kier molecular flexibility index (Phi) is 5.19. The van der Waals surface area contributed by atoms with Crippen LogP contribution in [0, 0.1) is 0 Å². The van der Waals surface area contributed by atoms with Gasteiger partial charge in [-0.25, -0.2) is 0 Å². The number of ether oxygens (including phenoxy) is 2. The van der Waals surface area contributed by atoms with E-state index in [9.17, 15) is 0 Å². The van der Waals surface area contributed by atoms with Crippen molar-refractivity contribution in [2.24, 2.45) is 0 Å². The van der Waals surface area contributed by atoms with E-state index in [4.69, 9.17) is 9.47 Å². The maximum Gasteiger partial charge on any atom is 0.116 e. The van der Waals surface area contributed by atoms with Crippen LogP contribution in [0.4, 0.5) is 0 Å². The molecule has 2 fully saturated rings. The number of nitrogens with one attached hydrogen (secondary N) is 1. The lowest BCUT2D eigenvalue weighted by Crippen LogP contribution is -2.32. The largest absolute Gasteiger partial charge is 0.491 e. The van der Waals surface area contributed by atoms with Crippen LogP contribution in [0.1, 0.15) is 50.1 Å². The lowest BCUT2D eigenvalue weighted by molar-refractivity contribution is 0.0707. The average Bonchev–Trinajstić information content (AvgIpc) is 3.15. The van der Waals surface area contributed by atoms with Gasteiger partial charge in [0.2, 0.25) is 0 Å². The number of pyridine rings is 1. The molecule has 1 N–H and O–H groups in total. The van der Waals surface area contributed by atoms with E-state index < -0.39 is 0 Å². The van der Waals surface area contributed by atoms with E-state index in [1.807, 2.05) is 12.4 Å². The summed E-state index contributed by atoms with van der Waals surface area (Å²) in [6, 6.07) is 2.66. The van der Waals surface area contributed by atoms with Gasteiger partial charge in [0.1, 0.15) is 11.9 Å². The van der Waals surface area contributed by atoms with E-state index in [1.165, 1.54) is 22.0 Å². The van der Waals surface area contributed by atoms with Crippen LogP contribution in [0.3, 0.4) is 0 Å². The minimum atomic E-state index is 0.343. The van der Waals surface area contributed by atoms with Crippen LogP contribution in [0.5, 0.6) is 0 Å². The second-order valence-corrected chi connectivity index (χ2v) is 8.07. The van der Waals surface area contributed by atoms with Crippen molar-refractivity contribution >= 4 is 16.5 Å². The van der Waals surface area contributed by atoms with Gasteiger partial charge in [-0.1, -0.05) is 0 Å². The quantitative estimate of drug-likeness (QED) is 0.864. The van der Waals surface area contributed by atoms with E-state index in [0.29, 0.717) is 12.1 Å². The average molecular weight is 380 g/mol. The Morgan fingerprint density at radius 3 is 2.86 bits per heavy atom. The van der Waals surface area contributed by atoms with Crippen LogP contribution < -0.4 is 5.32 Å². The van der Waals surface area contributed by atoms with E-state index in [1.54, 1.807) is 0 Å². The van der Waals surface area contributed by atoms with Crippen molar-refractivity contribution in [3.8, 4) is 0 Å². The highest BCUT2D eigenvalue weighted by Gasteiger charge is 2.22. The number of nitrogens with zero attached hydrogens (tertiary/aromatic N) is 2. The number of hydrogen-bond acceptors (Lipinski definition) is 4. The van der Waals surface area contributed by atoms with Gasteiger partial charge in [0.25, 0.3) is 0 Å². The van der Waals surface area contributed by atoms with Crippen LogP contribution in [-0.4, -0.2) is 42.0 Å². The molecule has 0 aromatic carbocycles. The fourth-order valence-corrected chi connectivity index (χ4v) is 4.69. The molecule has 5 heteroatoms. The number of allylic oxidation sites excluding steroid dienone is 3. The molecule has 5 nitrogen and oxygen atoms in total. The number of aromatic nitrogens is 2. The smallest absolute Gasteiger partial charge is 0.116 e. The zero-order valence-corrected chi connectivity index (χ0v) is 16.4. The molecule has 0 amide bonds. The molecule has 1 aliphatic carbocycles. The van der Waals surface area contributed by atoms with Crippen molar-refractivity contribution in [1.82, 2.24) is 14.9 Å². The van der Waals surface area contributed by atoms with Gasteiger partial charge in [-0.2, -0.15) is 0 Å². The first-order chi connectivity index (χ1) is 13.9. The number of rotatable bonds is 4. The Morgan fingerprint density at radius 2 is 2.00 bits per heavy atom. The summed E-state index contributed by atoms with van der Waals surface area (Å²) in [4.78, 5) is 4.41. The molecular formula is C23H29N3O2. The summed E-state index contributed by atoms with van der Waals surface area (Å²) < 4.78 is 14.3. The fraction of sp³-hybridized carbons (Fsp3) is 0.522. The molecule has 0 unspecified atom stereocenters. The second kappa shape index (κ2) is 8.10. The lowest BCUT2D eigenvalue weighted by Gasteiger charge is -2.26. The van der Waals surface area contributed by atoms with Crippen LogP contribution in [0.15, 0.2) is 42.6 Å². The molecule has 0 radical (unpaired) electrons. The number of fused-ring (bicyclic) bond motifs is 1. The topological polar surface area (TPSA) is 48.3 Å². The third kappa shape index (κ3) is 3.61. The van der Waals surface area contributed by atoms with Crippen LogP contribution in [-0.2, 0) is 9.47 Å². The van der Waals surface area contributed by atoms with Gasteiger partial charge >= 0.3 is 0 Å². The first-order valence-electron chi connectivity index (χ1n) is 10.7. The third-order valence-corrected chi connectivity index (χ3v) is 6.23. The van der Waals surface area contributed by atoms with E-state index in [0.717, 1.165) is 70.6 Å². The first-order valence-corrected chi connectivity index (χ1v) is 10.7. The molecule has 0 bridgehead atoms. The lowest BCUT2D eigenvalue weighted by atomic mass is 9.96. The summed E-state index contributed by atoms with van der Waals surface area (Å²) in [6.07, 6.45) is 17.6.